The Kier molecular flexibility index (Phi) is 7.59. The van der Waals surface area contributed by atoms with Crippen LogP contribution in [0.2, 0.25) is 0 Å². The van der Waals surface area contributed by atoms with Gasteiger partial charge in [0.15, 0.2) is 5.16 Å². The number of pyridine rings is 1. The lowest BCUT2D eigenvalue weighted by molar-refractivity contribution is 0.180. The van der Waals surface area contributed by atoms with Gasteiger partial charge in [0.1, 0.15) is 17.4 Å². The summed E-state index contributed by atoms with van der Waals surface area (Å²) in [7, 11) is 0. The SMILES string of the molecule is Cc1cc(N)nc(S[C@H](C)c2nc(-c3ccnc(OCCN4CCCCC4)c3)sc2C)n1. The molecular formula is C23H30N6OS2. The van der Waals surface area contributed by atoms with Gasteiger partial charge in [-0.1, -0.05) is 18.2 Å². The highest BCUT2D eigenvalue weighted by Crippen LogP contribution is 2.38. The largest absolute Gasteiger partial charge is 0.476 e. The highest BCUT2D eigenvalue weighted by Gasteiger charge is 2.19. The summed E-state index contributed by atoms with van der Waals surface area (Å²) in [6.45, 7) is 10.1. The van der Waals surface area contributed by atoms with E-state index in [9.17, 15) is 0 Å². The van der Waals surface area contributed by atoms with E-state index in [-0.39, 0.29) is 5.25 Å². The van der Waals surface area contributed by atoms with Gasteiger partial charge < -0.3 is 10.5 Å². The number of ether oxygens (including phenoxy) is 1. The first-order valence-electron chi connectivity index (χ1n) is 11.0. The summed E-state index contributed by atoms with van der Waals surface area (Å²) in [5.74, 6) is 1.15. The van der Waals surface area contributed by atoms with Crippen LogP contribution in [0.15, 0.2) is 29.6 Å². The molecule has 3 aromatic heterocycles. The highest BCUT2D eigenvalue weighted by atomic mass is 32.2. The highest BCUT2D eigenvalue weighted by molar-refractivity contribution is 7.99. The third-order valence-electron chi connectivity index (χ3n) is 5.44. The number of rotatable bonds is 8. The molecule has 1 atom stereocenters. The van der Waals surface area contributed by atoms with Crippen LogP contribution in [0.3, 0.4) is 0 Å². The van der Waals surface area contributed by atoms with Crippen LogP contribution in [0, 0.1) is 13.8 Å². The molecule has 0 aromatic carbocycles. The van der Waals surface area contributed by atoms with Crippen LogP contribution in [-0.2, 0) is 0 Å². The molecule has 1 aliphatic rings. The number of anilines is 1. The number of hydrogen-bond acceptors (Lipinski definition) is 9. The van der Waals surface area contributed by atoms with Crippen molar-refractivity contribution in [3.05, 3.63) is 40.7 Å². The van der Waals surface area contributed by atoms with Crippen LogP contribution in [0.1, 0.15) is 47.7 Å². The predicted octanol–water partition coefficient (Wildman–Crippen LogP) is 4.91. The summed E-state index contributed by atoms with van der Waals surface area (Å²) in [5.41, 5.74) is 8.82. The van der Waals surface area contributed by atoms with Gasteiger partial charge in [-0.25, -0.2) is 19.9 Å². The van der Waals surface area contributed by atoms with E-state index in [0.29, 0.717) is 23.5 Å². The Bertz CT molecular complexity index is 1030. The Morgan fingerprint density at radius 1 is 1.16 bits per heavy atom. The van der Waals surface area contributed by atoms with Gasteiger partial charge in [-0.3, -0.25) is 4.90 Å². The van der Waals surface area contributed by atoms with Gasteiger partial charge >= 0.3 is 0 Å². The van der Waals surface area contributed by atoms with Crippen molar-refractivity contribution in [2.75, 3.05) is 32.0 Å². The number of nitrogen functional groups attached to an aromatic ring is 1. The maximum absolute atomic E-state index is 5.95. The van der Waals surface area contributed by atoms with Gasteiger partial charge in [-0.15, -0.1) is 11.3 Å². The van der Waals surface area contributed by atoms with Crippen molar-refractivity contribution in [3.63, 3.8) is 0 Å². The number of nitrogens with zero attached hydrogens (tertiary/aromatic N) is 5. The molecule has 0 bridgehead atoms. The van der Waals surface area contributed by atoms with Crippen molar-refractivity contribution in [2.24, 2.45) is 0 Å². The Balaban J connectivity index is 1.41. The van der Waals surface area contributed by atoms with E-state index in [4.69, 9.17) is 15.5 Å². The zero-order chi connectivity index (χ0) is 22.5. The monoisotopic (exact) mass is 470 g/mol. The molecule has 0 aliphatic carbocycles. The lowest BCUT2D eigenvalue weighted by Gasteiger charge is -2.26. The minimum atomic E-state index is 0.114. The van der Waals surface area contributed by atoms with Crippen molar-refractivity contribution in [1.82, 2.24) is 24.8 Å². The summed E-state index contributed by atoms with van der Waals surface area (Å²) in [4.78, 5) is 21.8. The first-order chi connectivity index (χ1) is 15.5. The standard InChI is InChI=1S/C23H30N6OS2/c1-15-13-19(24)27-23(26-15)32-17(3)21-16(2)31-22(28-21)18-7-8-25-20(14-18)30-12-11-29-9-5-4-6-10-29/h7-8,13-14,17H,4-6,9-12H2,1-3H3,(H2,24,26,27)/t17-/m1/s1. The van der Waals surface area contributed by atoms with E-state index in [1.807, 2.05) is 19.1 Å². The molecular weight excluding hydrogens is 440 g/mol. The number of piperidine rings is 1. The second-order valence-corrected chi connectivity index (χ2v) is 10.6. The first kappa shape index (κ1) is 22.9. The minimum Gasteiger partial charge on any atom is -0.476 e. The van der Waals surface area contributed by atoms with Gasteiger partial charge in [-0.05, 0) is 52.8 Å². The Morgan fingerprint density at radius 2 is 1.97 bits per heavy atom. The topological polar surface area (TPSA) is 90.0 Å². The fourth-order valence-corrected chi connectivity index (χ4v) is 5.92. The van der Waals surface area contributed by atoms with Gasteiger partial charge in [0.05, 0.1) is 10.9 Å². The van der Waals surface area contributed by atoms with Crippen molar-refractivity contribution >= 4 is 28.9 Å². The zero-order valence-corrected chi connectivity index (χ0v) is 20.5. The number of hydrogen-bond donors (Lipinski definition) is 1. The number of nitrogens with two attached hydrogens (primary N) is 1. The average molecular weight is 471 g/mol. The van der Waals surface area contributed by atoms with Crippen LogP contribution < -0.4 is 10.5 Å². The van der Waals surface area contributed by atoms with E-state index in [2.05, 4.69) is 33.7 Å². The zero-order valence-electron chi connectivity index (χ0n) is 18.9. The number of likely N-dealkylation sites (tertiary alicyclic amines) is 1. The Labute approximate surface area is 197 Å². The molecule has 0 saturated carbocycles. The van der Waals surface area contributed by atoms with Gasteiger partial charge in [0.2, 0.25) is 5.88 Å². The molecule has 0 amide bonds. The van der Waals surface area contributed by atoms with Gasteiger partial charge in [0.25, 0.3) is 0 Å². The summed E-state index contributed by atoms with van der Waals surface area (Å²) in [5, 5.41) is 1.76. The second-order valence-electron chi connectivity index (χ2n) is 8.07. The number of aromatic nitrogens is 4. The normalized spacial score (nSPS) is 15.6. The van der Waals surface area contributed by atoms with E-state index in [0.717, 1.165) is 28.5 Å². The molecule has 1 saturated heterocycles. The molecule has 170 valence electrons. The third-order valence-corrected chi connectivity index (χ3v) is 7.45. The molecule has 4 rings (SSSR count). The summed E-state index contributed by atoms with van der Waals surface area (Å²) in [6.07, 6.45) is 5.72. The maximum Gasteiger partial charge on any atom is 0.213 e. The molecule has 1 fully saturated rings. The molecule has 2 N–H and O–H groups in total. The molecule has 4 heterocycles. The molecule has 32 heavy (non-hydrogen) atoms. The maximum atomic E-state index is 5.95. The minimum absolute atomic E-state index is 0.114. The molecule has 0 radical (unpaired) electrons. The van der Waals surface area contributed by atoms with E-state index in [1.165, 1.54) is 37.2 Å². The van der Waals surface area contributed by atoms with Crippen molar-refractivity contribution in [1.29, 1.82) is 0 Å². The first-order valence-corrected chi connectivity index (χ1v) is 12.7. The van der Waals surface area contributed by atoms with E-state index in [1.54, 1.807) is 35.4 Å². The number of thiazole rings is 1. The van der Waals surface area contributed by atoms with Crippen molar-refractivity contribution in [3.8, 4) is 16.5 Å². The van der Waals surface area contributed by atoms with E-state index < -0.39 is 0 Å². The molecule has 7 nitrogen and oxygen atoms in total. The lowest BCUT2D eigenvalue weighted by Crippen LogP contribution is -2.33. The summed E-state index contributed by atoms with van der Waals surface area (Å²) in [6, 6.07) is 5.75. The second kappa shape index (κ2) is 10.6. The van der Waals surface area contributed by atoms with Crippen molar-refractivity contribution in [2.45, 2.75) is 50.4 Å². The lowest BCUT2D eigenvalue weighted by atomic mass is 10.1. The van der Waals surface area contributed by atoms with Crippen LogP contribution in [0.25, 0.3) is 10.6 Å². The fourth-order valence-electron chi connectivity index (χ4n) is 3.82. The van der Waals surface area contributed by atoms with Gasteiger partial charge in [-0.2, -0.15) is 0 Å². The Hall–Kier alpha value is -2.23. The molecule has 0 spiro atoms. The smallest absolute Gasteiger partial charge is 0.213 e. The van der Waals surface area contributed by atoms with Crippen LogP contribution in [0.5, 0.6) is 5.88 Å². The molecule has 0 unspecified atom stereocenters. The average Bonchev–Trinajstić information content (AvgIpc) is 3.16. The number of aryl methyl sites for hydroxylation is 2. The van der Waals surface area contributed by atoms with Gasteiger partial charge in [0, 0.05) is 41.0 Å². The third kappa shape index (κ3) is 5.96. The summed E-state index contributed by atoms with van der Waals surface area (Å²) < 4.78 is 5.95. The van der Waals surface area contributed by atoms with Crippen LogP contribution in [0.4, 0.5) is 5.82 Å². The van der Waals surface area contributed by atoms with Crippen molar-refractivity contribution < 1.29 is 4.74 Å². The number of thioether (sulfide) groups is 1. The summed E-state index contributed by atoms with van der Waals surface area (Å²) >= 11 is 3.26. The predicted molar refractivity (Wildman–Crippen MR) is 131 cm³/mol. The quantitative estimate of drug-likeness (QED) is 0.367. The molecule has 1 aliphatic heterocycles. The fraction of sp³-hybridized carbons (Fsp3) is 0.478. The van der Waals surface area contributed by atoms with Crippen LogP contribution in [-0.4, -0.2) is 51.1 Å². The van der Waals surface area contributed by atoms with Crippen LogP contribution >= 0.6 is 23.1 Å². The van der Waals surface area contributed by atoms with E-state index >= 15 is 0 Å². The molecule has 3 aromatic rings. The molecule has 9 heteroatoms. The Morgan fingerprint density at radius 3 is 2.75 bits per heavy atom.